The molecule has 0 spiro atoms. The molecule has 1 saturated carbocycles. The van der Waals surface area contributed by atoms with E-state index in [1.165, 1.54) is 6.92 Å². The zero-order valence-electron chi connectivity index (χ0n) is 16.0. The molecule has 0 aliphatic heterocycles. The van der Waals surface area contributed by atoms with Crippen molar-refractivity contribution in [2.24, 2.45) is 0 Å². The number of benzene rings is 2. The number of anilines is 3. The number of carbonyl (C=O) groups excluding carboxylic acids is 3. The van der Waals surface area contributed by atoms with Crippen LogP contribution in [0.3, 0.4) is 0 Å². The highest BCUT2D eigenvalue weighted by Gasteiger charge is 2.25. The largest absolute Gasteiger partial charge is 0.376 e. The Labute approximate surface area is 163 Å². The standard InChI is InChI=1S/C21H24N4O3/c1-13-17(8-5-9-18(13)23-14(2)26)22-12-20(27)25-19-7-4-3-6-16(19)21(28)24-15-10-11-15/h3-9,15,22H,10-12H2,1-2H3,(H,23,26)(H,24,28)(H,25,27). The molecule has 0 unspecified atom stereocenters. The lowest BCUT2D eigenvalue weighted by Crippen LogP contribution is -2.28. The van der Waals surface area contributed by atoms with E-state index in [0.29, 0.717) is 16.9 Å². The molecule has 0 aromatic heterocycles. The first kappa shape index (κ1) is 19.4. The van der Waals surface area contributed by atoms with Gasteiger partial charge in [0.25, 0.3) is 5.91 Å². The quantitative estimate of drug-likeness (QED) is 0.593. The normalized spacial score (nSPS) is 12.8. The van der Waals surface area contributed by atoms with Crippen LogP contribution >= 0.6 is 0 Å². The monoisotopic (exact) mass is 380 g/mol. The number of hydrogen-bond donors (Lipinski definition) is 4. The Balaban J connectivity index is 1.62. The molecule has 4 N–H and O–H groups in total. The molecule has 146 valence electrons. The van der Waals surface area contributed by atoms with Crippen LogP contribution in [0.4, 0.5) is 17.1 Å². The van der Waals surface area contributed by atoms with E-state index in [1.54, 1.807) is 36.4 Å². The molecule has 2 aromatic rings. The Morgan fingerprint density at radius 3 is 2.32 bits per heavy atom. The molecule has 1 aliphatic rings. The van der Waals surface area contributed by atoms with Crippen LogP contribution < -0.4 is 21.3 Å². The van der Waals surface area contributed by atoms with Crippen molar-refractivity contribution in [3.8, 4) is 0 Å². The van der Waals surface area contributed by atoms with E-state index in [9.17, 15) is 14.4 Å². The summed E-state index contributed by atoms with van der Waals surface area (Å²) in [6.07, 6.45) is 2.00. The molecule has 0 heterocycles. The van der Waals surface area contributed by atoms with Gasteiger partial charge in [-0.3, -0.25) is 14.4 Å². The van der Waals surface area contributed by atoms with Crippen molar-refractivity contribution < 1.29 is 14.4 Å². The number of rotatable bonds is 7. The van der Waals surface area contributed by atoms with Crippen LogP contribution in [0.5, 0.6) is 0 Å². The summed E-state index contributed by atoms with van der Waals surface area (Å²) >= 11 is 0. The highest BCUT2D eigenvalue weighted by Crippen LogP contribution is 2.24. The predicted molar refractivity (Wildman–Crippen MR) is 110 cm³/mol. The summed E-state index contributed by atoms with van der Waals surface area (Å²) < 4.78 is 0. The molecule has 7 heteroatoms. The summed E-state index contributed by atoms with van der Waals surface area (Å²) in [5.74, 6) is -0.597. The van der Waals surface area contributed by atoms with Crippen molar-refractivity contribution in [1.82, 2.24) is 5.32 Å². The van der Waals surface area contributed by atoms with Crippen molar-refractivity contribution in [3.05, 3.63) is 53.6 Å². The van der Waals surface area contributed by atoms with Gasteiger partial charge in [-0.15, -0.1) is 0 Å². The molecule has 1 aliphatic carbocycles. The molecule has 2 aromatic carbocycles. The van der Waals surface area contributed by atoms with E-state index in [-0.39, 0.29) is 30.3 Å². The maximum atomic E-state index is 12.4. The smallest absolute Gasteiger partial charge is 0.253 e. The maximum absolute atomic E-state index is 12.4. The van der Waals surface area contributed by atoms with Crippen molar-refractivity contribution in [2.45, 2.75) is 32.7 Å². The number of carbonyl (C=O) groups is 3. The van der Waals surface area contributed by atoms with Gasteiger partial charge in [-0.2, -0.15) is 0 Å². The van der Waals surface area contributed by atoms with E-state index >= 15 is 0 Å². The molecule has 0 saturated heterocycles. The Hall–Kier alpha value is -3.35. The Morgan fingerprint density at radius 1 is 0.929 bits per heavy atom. The van der Waals surface area contributed by atoms with Crippen molar-refractivity contribution in [2.75, 3.05) is 22.5 Å². The van der Waals surface area contributed by atoms with Crippen molar-refractivity contribution >= 4 is 34.8 Å². The minimum atomic E-state index is -0.268. The molecule has 0 bridgehead atoms. The molecule has 0 radical (unpaired) electrons. The molecular formula is C21H24N4O3. The molecule has 28 heavy (non-hydrogen) atoms. The minimum absolute atomic E-state index is 0.0307. The first-order valence-electron chi connectivity index (χ1n) is 9.25. The summed E-state index contributed by atoms with van der Waals surface area (Å²) in [7, 11) is 0. The number of hydrogen-bond acceptors (Lipinski definition) is 4. The second kappa shape index (κ2) is 8.56. The second-order valence-corrected chi connectivity index (χ2v) is 6.85. The van der Waals surface area contributed by atoms with Gasteiger partial charge in [0.2, 0.25) is 11.8 Å². The lowest BCUT2D eigenvalue weighted by Gasteiger charge is -2.14. The Kier molecular flexibility index (Phi) is 5.93. The Morgan fingerprint density at radius 2 is 1.61 bits per heavy atom. The van der Waals surface area contributed by atoms with Crippen LogP contribution in [0.15, 0.2) is 42.5 Å². The van der Waals surface area contributed by atoms with Crippen LogP contribution in [-0.4, -0.2) is 30.3 Å². The molecule has 7 nitrogen and oxygen atoms in total. The first-order valence-corrected chi connectivity index (χ1v) is 9.25. The van der Waals surface area contributed by atoms with Gasteiger partial charge in [-0.25, -0.2) is 0 Å². The predicted octanol–water partition coefficient (Wildman–Crippen LogP) is 2.90. The van der Waals surface area contributed by atoms with Gasteiger partial charge in [-0.05, 0) is 49.6 Å². The summed E-state index contributed by atoms with van der Waals surface area (Å²) in [6.45, 7) is 3.34. The summed E-state index contributed by atoms with van der Waals surface area (Å²) in [5.41, 5.74) is 3.22. The van der Waals surface area contributed by atoms with Gasteiger partial charge in [-0.1, -0.05) is 18.2 Å². The van der Waals surface area contributed by atoms with Gasteiger partial charge in [0.1, 0.15) is 0 Å². The average molecular weight is 380 g/mol. The van der Waals surface area contributed by atoms with Gasteiger partial charge in [0.15, 0.2) is 0 Å². The molecule has 1 fully saturated rings. The van der Waals surface area contributed by atoms with E-state index in [2.05, 4.69) is 21.3 Å². The fraction of sp³-hybridized carbons (Fsp3) is 0.286. The van der Waals surface area contributed by atoms with E-state index in [0.717, 1.165) is 24.1 Å². The number of amides is 3. The zero-order chi connectivity index (χ0) is 20.1. The average Bonchev–Trinajstić information content (AvgIpc) is 3.46. The molecule has 3 rings (SSSR count). The van der Waals surface area contributed by atoms with Crippen LogP contribution in [0, 0.1) is 6.92 Å². The topological polar surface area (TPSA) is 99.3 Å². The highest BCUT2D eigenvalue weighted by molar-refractivity contribution is 6.04. The first-order chi connectivity index (χ1) is 13.4. The third-order valence-electron chi connectivity index (χ3n) is 4.44. The summed E-state index contributed by atoms with van der Waals surface area (Å²) in [4.78, 5) is 36.0. The van der Waals surface area contributed by atoms with E-state index in [1.807, 2.05) is 13.0 Å². The molecule has 3 amide bonds. The summed E-state index contributed by atoms with van der Waals surface area (Å²) in [5, 5.41) is 11.6. The van der Waals surface area contributed by atoms with Gasteiger partial charge in [0.05, 0.1) is 17.8 Å². The van der Waals surface area contributed by atoms with Crippen LogP contribution in [0.25, 0.3) is 0 Å². The molecular weight excluding hydrogens is 356 g/mol. The van der Waals surface area contributed by atoms with Crippen LogP contribution in [0.2, 0.25) is 0 Å². The van der Waals surface area contributed by atoms with Gasteiger partial charge in [0, 0.05) is 24.3 Å². The zero-order valence-corrected chi connectivity index (χ0v) is 16.0. The highest BCUT2D eigenvalue weighted by atomic mass is 16.2. The lowest BCUT2D eigenvalue weighted by atomic mass is 10.1. The Bertz CT molecular complexity index is 906. The minimum Gasteiger partial charge on any atom is -0.376 e. The van der Waals surface area contributed by atoms with Crippen LogP contribution in [0.1, 0.15) is 35.7 Å². The van der Waals surface area contributed by atoms with E-state index < -0.39 is 0 Å². The second-order valence-electron chi connectivity index (χ2n) is 6.85. The lowest BCUT2D eigenvalue weighted by molar-refractivity contribution is -0.115. The van der Waals surface area contributed by atoms with Crippen molar-refractivity contribution in [3.63, 3.8) is 0 Å². The maximum Gasteiger partial charge on any atom is 0.253 e. The third-order valence-corrected chi connectivity index (χ3v) is 4.44. The molecule has 0 atom stereocenters. The number of nitrogens with one attached hydrogen (secondary N) is 4. The van der Waals surface area contributed by atoms with Gasteiger partial charge < -0.3 is 21.3 Å². The fourth-order valence-corrected chi connectivity index (χ4v) is 2.80. The van der Waals surface area contributed by atoms with E-state index in [4.69, 9.17) is 0 Å². The van der Waals surface area contributed by atoms with Crippen molar-refractivity contribution in [1.29, 1.82) is 0 Å². The number of para-hydroxylation sites is 1. The van der Waals surface area contributed by atoms with Crippen LogP contribution in [-0.2, 0) is 9.59 Å². The van der Waals surface area contributed by atoms with Gasteiger partial charge >= 0.3 is 0 Å². The fourth-order valence-electron chi connectivity index (χ4n) is 2.80. The summed E-state index contributed by atoms with van der Waals surface area (Å²) in [6, 6.07) is 12.6. The third kappa shape index (κ3) is 5.09. The SMILES string of the molecule is CC(=O)Nc1cccc(NCC(=O)Nc2ccccc2C(=O)NC2CC2)c1C.